The first kappa shape index (κ1) is 26.5. The summed E-state index contributed by atoms with van der Waals surface area (Å²) in [6.07, 6.45) is 1.45. The molecule has 0 aliphatic carbocycles. The summed E-state index contributed by atoms with van der Waals surface area (Å²) in [5.74, 6) is -0.219. The predicted octanol–water partition coefficient (Wildman–Crippen LogP) is 7.13. The molecule has 0 radical (unpaired) electrons. The van der Waals surface area contributed by atoms with E-state index in [0.717, 1.165) is 47.0 Å². The van der Waals surface area contributed by atoms with Crippen LogP contribution in [-0.4, -0.2) is 34.9 Å². The molecule has 0 spiro atoms. The average molecular weight is 529 g/mol. The number of hydrogen-bond donors (Lipinski definition) is 2. The monoisotopic (exact) mass is 528 g/mol. The Labute approximate surface area is 234 Å². The number of phenolic OH excluding ortho intramolecular Hbond substituents is 1. The van der Waals surface area contributed by atoms with Gasteiger partial charge in [-0.3, -0.25) is 4.79 Å². The van der Waals surface area contributed by atoms with Crippen LogP contribution in [0.25, 0.3) is 28.2 Å². The molecule has 0 unspecified atom stereocenters. The molecule has 0 aliphatic heterocycles. The van der Waals surface area contributed by atoms with Gasteiger partial charge in [-0.15, -0.1) is 0 Å². The van der Waals surface area contributed by atoms with Crippen molar-refractivity contribution in [3.8, 4) is 34.0 Å². The Hall–Kier alpha value is -5.10. The molecular weight excluding hydrogens is 496 g/mol. The first-order valence-corrected chi connectivity index (χ1v) is 13.4. The second kappa shape index (κ2) is 12.2. The van der Waals surface area contributed by atoms with Crippen LogP contribution in [0.4, 0.5) is 5.69 Å². The first-order valence-electron chi connectivity index (χ1n) is 13.4. The number of benzene rings is 4. The lowest BCUT2D eigenvalue weighted by Crippen LogP contribution is -2.21. The van der Waals surface area contributed by atoms with Gasteiger partial charge < -0.3 is 14.6 Å². The second-order valence-electron chi connectivity index (χ2n) is 9.33. The molecule has 1 amide bonds. The van der Waals surface area contributed by atoms with Gasteiger partial charge in [0.2, 0.25) is 0 Å². The number of anilines is 1. The third kappa shape index (κ3) is 5.66. The van der Waals surface area contributed by atoms with Crippen molar-refractivity contribution in [2.75, 3.05) is 18.0 Å². The zero-order valence-electron chi connectivity index (χ0n) is 22.7. The van der Waals surface area contributed by atoms with Crippen LogP contribution in [0.1, 0.15) is 29.8 Å². The van der Waals surface area contributed by atoms with Crippen LogP contribution in [0.3, 0.4) is 0 Å². The van der Waals surface area contributed by atoms with Gasteiger partial charge >= 0.3 is 0 Å². The summed E-state index contributed by atoms with van der Waals surface area (Å²) in [7, 11) is 0. The molecule has 5 aromatic rings. The van der Waals surface area contributed by atoms with Gasteiger partial charge in [-0.25, -0.2) is 5.43 Å². The number of phenols is 1. The van der Waals surface area contributed by atoms with Crippen LogP contribution in [-0.2, 0) is 0 Å². The van der Waals surface area contributed by atoms with Gasteiger partial charge in [0.1, 0.15) is 5.75 Å². The number of rotatable bonds is 9. The van der Waals surface area contributed by atoms with Crippen molar-refractivity contribution in [1.82, 2.24) is 9.99 Å². The third-order valence-corrected chi connectivity index (χ3v) is 6.92. The fraction of sp³-hybridized carbons (Fsp3) is 0.118. The molecule has 0 atom stereocenters. The molecule has 0 saturated carbocycles. The molecule has 0 saturated heterocycles. The van der Waals surface area contributed by atoms with E-state index in [4.69, 9.17) is 0 Å². The second-order valence-corrected chi connectivity index (χ2v) is 9.33. The Bertz CT molecular complexity index is 1550. The van der Waals surface area contributed by atoms with Gasteiger partial charge in [0, 0.05) is 41.7 Å². The zero-order chi connectivity index (χ0) is 27.9. The number of nitrogens with one attached hydrogen (secondary N) is 1. The van der Waals surface area contributed by atoms with Crippen LogP contribution in [0.15, 0.2) is 120 Å². The van der Waals surface area contributed by atoms with E-state index >= 15 is 0 Å². The Morgan fingerprint density at radius 3 is 1.90 bits per heavy atom. The highest BCUT2D eigenvalue weighted by molar-refractivity contribution is 5.95. The Morgan fingerprint density at radius 1 is 0.800 bits per heavy atom. The van der Waals surface area contributed by atoms with Crippen molar-refractivity contribution in [3.63, 3.8) is 0 Å². The lowest BCUT2D eigenvalue weighted by atomic mass is 10.1. The predicted molar refractivity (Wildman–Crippen MR) is 163 cm³/mol. The molecule has 6 heteroatoms. The van der Waals surface area contributed by atoms with E-state index in [2.05, 4.69) is 70.2 Å². The molecule has 0 bridgehead atoms. The van der Waals surface area contributed by atoms with Crippen LogP contribution < -0.4 is 10.3 Å². The fourth-order valence-corrected chi connectivity index (χ4v) is 4.80. The molecule has 0 fully saturated rings. The third-order valence-electron chi connectivity index (χ3n) is 6.92. The molecule has 2 N–H and O–H groups in total. The lowest BCUT2D eigenvalue weighted by molar-refractivity contribution is 0.0955. The van der Waals surface area contributed by atoms with E-state index in [-0.39, 0.29) is 11.7 Å². The van der Waals surface area contributed by atoms with Gasteiger partial charge in [0.25, 0.3) is 5.91 Å². The van der Waals surface area contributed by atoms with Crippen LogP contribution in [0.5, 0.6) is 5.75 Å². The molecule has 5 rings (SSSR count). The maximum atomic E-state index is 12.8. The van der Waals surface area contributed by atoms with Crippen molar-refractivity contribution in [1.29, 1.82) is 0 Å². The highest BCUT2D eigenvalue weighted by atomic mass is 16.3. The van der Waals surface area contributed by atoms with E-state index < -0.39 is 0 Å². The van der Waals surface area contributed by atoms with E-state index in [0.29, 0.717) is 11.1 Å². The standard InChI is InChI=1S/C34H32N4O2/c1-3-37(4-2)30-20-17-28(33(39)23-30)24-35-36-34(40)27-15-18-29(19-16-27)38-31(25-11-7-5-8-12-25)21-22-32(38)26-13-9-6-10-14-26/h5-24,39H,3-4H2,1-2H3,(H,36,40)/b35-24+. The molecule has 6 nitrogen and oxygen atoms in total. The van der Waals surface area contributed by atoms with E-state index in [1.165, 1.54) is 6.21 Å². The number of carbonyl (C=O) groups excluding carboxylic acids is 1. The summed E-state index contributed by atoms with van der Waals surface area (Å²) in [4.78, 5) is 15.0. The molecule has 1 heterocycles. The topological polar surface area (TPSA) is 69.9 Å². The average Bonchev–Trinajstić information content (AvgIpc) is 3.45. The molecular formula is C34H32N4O2. The number of amides is 1. The summed E-state index contributed by atoms with van der Waals surface area (Å²) in [6, 6.07) is 37.6. The van der Waals surface area contributed by atoms with Gasteiger partial charge in [0.15, 0.2) is 0 Å². The van der Waals surface area contributed by atoms with Crippen molar-refractivity contribution in [2.24, 2.45) is 5.10 Å². The van der Waals surface area contributed by atoms with Gasteiger partial charge in [-0.1, -0.05) is 60.7 Å². The van der Waals surface area contributed by atoms with E-state index in [1.54, 1.807) is 24.3 Å². The fourth-order valence-electron chi connectivity index (χ4n) is 4.80. The smallest absolute Gasteiger partial charge is 0.271 e. The molecule has 40 heavy (non-hydrogen) atoms. The minimum Gasteiger partial charge on any atom is -0.507 e. The molecule has 0 aliphatic rings. The number of hydrogen-bond acceptors (Lipinski definition) is 4. The van der Waals surface area contributed by atoms with Crippen molar-refractivity contribution >= 4 is 17.8 Å². The normalized spacial score (nSPS) is 11.1. The van der Waals surface area contributed by atoms with Gasteiger partial charge in [0.05, 0.1) is 17.6 Å². The first-order chi connectivity index (χ1) is 19.6. The highest BCUT2D eigenvalue weighted by Crippen LogP contribution is 2.32. The molecule has 200 valence electrons. The summed E-state index contributed by atoms with van der Waals surface area (Å²) in [6.45, 7) is 5.84. The largest absolute Gasteiger partial charge is 0.507 e. The number of aromatic nitrogens is 1. The minimum atomic E-state index is -0.332. The number of nitrogens with zero attached hydrogens (tertiary/aromatic N) is 3. The highest BCUT2D eigenvalue weighted by Gasteiger charge is 2.14. The maximum absolute atomic E-state index is 12.8. The summed E-state index contributed by atoms with van der Waals surface area (Å²) >= 11 is 0. The molecule has 4 aromatic carbocycles. The number of aromatic hydroxyl groups is 1. The van der Waals surface area contributed by atoms with Crippen molar-refractivity contribution in [2.45, 2.75) is 13.8 Å². The van der Waals surface area contributed by atoms with Crippen LogP contribution in [0.2, 0.25) is 0 Å². The summed E-state index contributed by atoms with van der Waals surface area (Å²) in [5, 5.41) is 14.5. The van der Waals surface area contributed by atoms with Crippen molar-refractivity contribution in [3.05, 3.63) is 126 Å². The number of carbonyl (C=O) groups is 1. The Kier molecular flexibility index (Phi) is 8.07. The Balaban J connectivity index is 1.36. The Morgan fingerprint density at radius 2 is 1.38 bits per heavy atom. The van der Waals surface area contributed by atoms with Gasteiger partial charge in [-0.05, 0) is 73.5 Å². The van der Waals surface area contributed by atoms with Crippen LogP contribution >= 0.6 is 0 Å². The van der Waals surface area contributed by atoms with Crippen molar-refractivity contribution < 1.29 is 9.90 Å². The minimum absolute atomic E-state index is 0.113. The zero-order valence-corrected chi connectivity index (χ0v) is 22.7. The SMILES string of the molecule is CCN(CC)c1ccc(/C=N/NC(=O)c2ccc(-n3c(-c4ccccc4)ccc3-c3ccccc3)cc2)c(O)c1. The molecule has 1 aromatic heterocycles. The number of hydrazone groups is 1. The van der Waals surface area contributed by atoms with E-state index in [9.17, 15) is 9.90 Å². The van der Waals surface area contributed by atoms with Crippen LogP contribution in [0, 0.1) is 0 Å². The summed E-state index contributed by atoms with van der Waals surface area (Å²) < 4.78 is 2.20. The lowest BCUT2D eigenvalue weighted by Gasteiger charge is -2.21. The maximum Gasteiger partial charge on any atom is 0.271 e. The summed E-state index contributed by atoms with van der Waals surface area (Å²) in [5.41, 5.74) is 9.80. The quantitative estimate of drug-likeness (QED) is 0.158. The van der Waals surface area contributed by atoms with Gasteiger partial charge in [-0.2, -0.15) is 5.10 Å². The van der Waals surface area contributed by atoms with E-state index in [1.807, 2.05) is 54.6 Å².